The molecule has 0 aromatic heterocycles. The fourth-order valence-corrected chi connectivity index (χ4v) is 5.70. The number of fused-ring (bicyclic) bond motifs is 1. The minimum absolute atomic E-state index is 0.00123. The molecule has 0 fully saturated rings. The van der Waals surface area contributed by atoms with Gasteiger partial charge in [0.25, 0.3) is 0 Å². The van der Waals surface area contributed by atoms with Crippen LogP contribution in [-0.2, 0) is 9.09 Å². The SMILES string of the molecule is O=[N+]([O-])c1ccc2c(c1Oc1ccccc1)OCCC2OP(=O)(NCCBr)NCCBr. The topological polar surface area (TPSA) is 112 Å². The molecule has 1 aliphatic heterocycles. The minimum Gasteiger partial charge on any atom is -0.489 e. The van der Waals surface area contributed by atoms with Crippen molar-refractivity contribution >= 4 is 45.2 Å². The predicted molar refractivity (Wildman–Crippen MR) is 125 cm³/mol. The van der Waals surface area contributed by atoms with E-state index in [4.69, 9.17) is 14.0 Å². The van der Waals surface area contributed by atoms with Crippen LogP contribution >= 0.6 is 39.5 Å². The molecule has 0 radical (unpaired) electrons. The maximum Gasteiger partial charge on any atom is 0.341 e. The second-order valence-electron chi connectivity index (χ2n) is 6.48. The molecule has 0 saturated heterocycles. The molecule has 0 aliphatic carbocycles. The molecule has 3 rings (SSSR count). The number of para-hydroxylation sites is 1. The lowest BCUT2D eigenvalue weighted by molar-refractivity contribution is -0.385. The number of ether oxygens (including phenoxy) is 2. The Kier molecular flexibility index (Phi) is 8.88. The maximum absolute atomic E-state index is 13.3. The van der Waals surface area contributed by atoms with Crippen LogP contribution in [0.5, 0.6) is 17.2 Å². The van der Waals surface area contributed by atoms with Gasteiger partial charge in [-0.15, -0.1) is 0 Å². The van der Waals surface area contributed by atoms with E-state index in [0.717, 1.165) is 0 Å². The van der Waals surface area contributed by atoms with Gasteiger partial charge in [-0.3, -0.25) is 19.2 Å². The maximum atomic E-state index is 13.3. The monoisotopic (exact) mass is 577 g/mol. The molecule has 12 heteroatoms. The molecule has 0 saturated carbocycles. The van der Waals surface area contributed by atoms with Crippen LogP contribution in [-0.4, -0.2) is 35.3 Å². The summed E-state index contributed by atoms with van der Waals surface area (Å²) in [6, 6.07) is 11.7. The molecule has 0 bridgehead atoms. The van der Waals surface area contributed by atoms with Crippen LogP contribution in [0.15, 0.2) is 42.5 Å². The van der Waals surface area contributed by atoms with Crippen molar-refractivity contribution in [3.8, 4) is 17.2 Å². The Morgan fingerprint density at radius 3 is 2.42 bits per heavy atom. The van der Waals surface area contributed by atoms with E-state index >= 15 is 0 Å². The van der Waals surface area contributed by atoms with Gasteiger partial charge in [0.2, 0.25) is 5.75 Å². The molecule has 1 atom stereocenters. The van der Waals surface area contributed by atoms with E-state index in [1.807, 2.05) is 6.07 Å². The Morgan fingerprint density at radius 2 is 1.81 bits per heavy atom. The highest BCUT2D eigenvalue weighted by molar-refractivity contribution is 9.09. The molecule has 31 heavy (non-hydrogen) atoms. The van der Waals surface area contributed by atoms with Crippen molar-refractivity contribution in [2.45, 2.75) is 12.5 Å². The summed E-state index contributed by atoms with van der Waals surface area (Å²) in [5.74, 6) is 0.662. The normalized spacial score (nSPS) is 15.7. The van der Waals surface area contributed by atoms with Crippen molar-refractivity contribution in [3.05, 3.63) is 58.1 Å². The summed E-state index contributed by atoms with van der Waals surface area (Å²) in [4.78, 5) is 11.1. The summed E-state index contributed by atoms with van der Waals surface area (Å²) in [6.45, 7) is 1.11. The number of nitro groups is 1. The molecule has 2 aromatic carbocycles. The first kappa shape index (κ1) is 24.2. The van der Waals surface area contributed by atoms with E-state index in [1.54, 1.807) is 30.3 Å². The number of nitro benzene ring substituents is 1. The standard InChI is InChI=1S/C19H22Br2N3O6P/c20-9-11-22-31(27,23-12-10-21)30-17-8-13-28-18-15(17)6-7-16(24(25)26)19(18)29-14-4-2-1-3-5-14/h1-7,17H,8-13H2,(H2,22,23,27). The molecule has 0 amide bonds. The van der Waals surface area contributed by atoms with Gasteiger partial charge >= 0.3 is 13.4 Å². The Morgan fingerprint density at radius 1 is 1.13 bits per heavy atom. The summed E-state index contributed by atoms with van der Waals surface area (Å²) >= 11 is 6.61. The lowest BCUT2D eigenvalue weighted by Crippen LogP contribution is -2.29. The van der Waals surface area contributed by atoms with E-state index in [0.29, 0.717) is 41.5 Å². The van der Waals surface area contributed by atoms with Gasteiger partial charge in [0.15, 0.2) is 5.75 Å². The van der Waals surface area contributed by atoms with Crippen LogP contribution in [0.1, 0.15) is 18.1 Å². The van der Waals surface area contributed by atoms with Gasteiger partial charge in [-0.2, -0.15) is 0 Å². The van der Waals surface area contributed by atoms with Gasteiger partial charge in [-0.05, 0) is 18.2 Å². The number of rotatable bonds is 11. The van der Waals surface area contributed by atoms with Crippen LogP contribution in [0.3, 0.4) is 0 Å². The molecule has 1 aliphatic rings. The molecule has 168 valence electrons. The van der Waals surface area contributed by atoms with Crippen molar-refractivity contribution in [2.24, 2.45) is 0 Å². The van der Waals surface area contributed by atoms with Gasteiger partial charge < -0.3 is 9.47 Å². The summed E-state index contributed by atoms with van der Waals surface area (Å²) in [5, 5.41) is 18.6. The molecule has 0 spiro atoms. The summed E-state index contributed by atoms with van der Waals surface area (Å²) in [7, 11) is -3.38. The first-order chi connectivity index (χ1) is 15.0. The van der Waals surface area contributed by atoms with Crippen molar-refractivity contribution < 1.29 is 23.5 Å². The Bertz CT molecular complexity index is 938. The first-order valence-corrected chi connectivity index (χ1v) is 13.4. The summed E-state index contributed by atoms with van der Waals surface area (Å²) in [6.07, 6.45) is -0.162. The van der Waals surface area contributed by atoms with Crippen molar-refractivity contribution in [1.82, 2.24) is 10.2 Å². The quantitative estimate of drug-likeness (QED) is 0.160. The average Bonchev–Trinajstić information content (AvgIpc) is 2.77. The average molecular weight is 579 g/mol. The Balaban J connectivity index is 1.96. The fourth-order valence-electron chi connectivity index (χ4n) is 3.04. The second kappa shape index (κ2) is 11.4. The van der Waals surface area contributed by atoms with E-state index in [2.05, 4.69) is 42.0 Å². The summed E-state index contributed by atoms with van der Waals surface area (Å²) < 4.78 is 30.9. The molecule has 2 aromatic rings. The molecule has 9 nitrogen and oxygen atoms in total. The van der Waals surface area contributed by atoms with E-state index in [9.17, 15) is 14.7 Å². The molecular weight excluding hydrogens is 557 g/mol. The largest absolute Gasteiger partial charge is 0.489 e. The third-order valence-corrected chi connectivity index (χ3v) is 6.98. The van der Waals surface area contributed by atoms with Crippen LogP contribution in [0.4, 0.5) is 5.69 Å². The van der Waals surface area contributed by atoms with Crippen molar-refractivity contribution in [1.29, 1.82) is 0 Å². The first-order valence-electron chi connectivity index (χ1n) is 9.55. The van der Waals surface area contributed by atoms with Crippen LogP contribution in [0, 0.1) is 10.1 Å². The zero-order chi connectivity index (χ0) is 22.3. The van der Waals surface area contributed by atoms with Crippen LogP contribution in [0.2, 0.25) is 0 Å². The van der Waals surface area contributed by atoms with E-state index in [1.165, 1.54) is 6.07 Å². The predicted octanol–water partition coefficient (Wildman–Crippen LogP) is 5.30. The number of nitrogens with zero attached hydrogens (tertiary/aromatic N) is 1. The highest BCUT2D eigenvalue weighted by atomic mass is 79.9. The fraction of sp³-hybridized carbons (Fsp3) is 0.368. The van der Waals surface area contributed by atoms with Crippen molar-refractivity contribution in [3.63, 3.8) is 0 Å². The summed E-state index contributed by atoms with van der Waals surface area (Å²) in [5.41, 5.74) is 0.325. The lowest BCUT2D eigenvalue weighted by atomic mass is 10.0. The van der Waals surface area contributed by atoms with Gasteiger partial charge in [0.1, 0.15) is 5.75 Å². The van der Waals surface area contributed by atoms with Gasteiger partial charge in [0, 0.05) is 41.8 Å². The Labute approximate surface area is 196 Å². The number of benzene rings is 2. The van der Waals surface area contributed by atoms with Gasteiger partial charge in [-0.1, -0.05) is 50.1 Å². The number of alkyl halides is 2. The smallest absolute Gasteiger partial charge is 0.341 e. The third-order valence-electron chi connectivity index (χ3n) is 4.36. The highest BCUT2D eigenvalue weighted by Gasteiger charge is 2.35. The molecule has 1 heterocycles. The van der Waals surface area contributed by atoms with Gasteiger partial charge in [0.05, 0.1) is 17.6 Å². The minimum atomic E-state index is -3.38. The lowest BCUT2D eigenvalue weighted by Gasteiger charge is -2.30. The second-order valence-corrected chi connectivity index (χ2v) is 10.0. The van der Waals surface area contributed by atoms with Crippen LogP contribution in [0.25, 0.3) is 0 Å². The zero-order valence-electron chi connectivity index (χ0n) is 16.5. The zero-order valence-corrected chi connectivity index (χ0v) is 20.5. The number of nitrogens with one attached hydrogen (secondary N) is 2. The number of hydrogen-bond donors (Lipinski definition) is 2. The Hall–Kier alpha value is -1.49. The van der Waals surface area contributed by atoms with E-state index in [-0.39, 0.29) is 23.8 Å². The number of hydrogen-bond acceptors (Lipinski definition) is 6. The highest BCUT2D eigenvalue weighted by Crippen LogP contribution is 2.52. The van der Waals surface area contributed by atoms with E-state index < -0.39 is 18.7 Å². The van der Waals surface area contributed by atoms with Crippen LogP contribution < -0.4 is 19.6 Å². The molecular formula is C19H22Br2N3O6P. The number of halogens is 2. The van der Waals surface area contributed by atoms with Gasteiger partial charge in [-0.25, -0.2) is 10.2 Å². The third kappa shape index (κ3) is 6.27. The molecule has 2 N–H and O–H groups in total. The van der Waals surface area contributed by atoms with Crippen molar-refractivity contribution in [2.75, 3.05) is 30.4 Å². The molecule has 1 unspecified atom stereocenters.